The van der Waals surface area contributed by atoms with E-state index >= 15 is 0 Å². The van der Waals surface area contributed by atoms with Crippen LogP contribution in [-0.2, 0) is 9.84 Å². The standard InChI is InChI=1S/C20H20FN5O3S/c1-3-22-20(27)14-12-24-19(26-18-9-8-13(21)11-23-18)10-16(14)25-15-6-4-5-7-17(15)30(2,28)29/h4-12H,3H2,1-2H3,(H,22,27)(H2,23,24,25,26). The lowest BCUT2D eigenvalue weighted by atomic mass is 10.2. The van der Waals surface area contributed by atoms with Crippen LogP contribution in [0.25, 0.3) is 0 Å². The van der Waals surface area contributed by atoms with Gasteiger partial charge in [0.2, 0.25) is 0 Å². The summed E-state index contributed by atoms with van der Waals surface area (Å²) in [6, 6.07) is 10.6. The number of sulfone groups is 1. The summed E-state index contributed by atoms with van der Waals surface area (Å²) in [4.78, 5) is 20.7. The summed E-state index contributed by atoms with van der Waals surface area (Å²) in [5.41, 5.74) is 0.900. The second-order valence-electron chi connectivity index (χ2n) is 6.35. The second kappa shape index (κ2) is 8.87. The number of para-hydroxylation sites is 1. The third-order valence-corrected chi connectivity index (χ3v) is 5.18. The van der Waals surface area contributed by atoms with Gasteiger partial charge in [-0.25, -0.2) is 22.8 Å². The smallest absolute Gasteiger partial charge is 0.254 e. The van der Waals surface area contributed by atoms with Gasteiger partial charge in [-0.2, -0.15) is 0 Å². The highest BCUT2D eigenvalue weighted by molar-refractivity contribution is 7.90. The number of aromatic nitrogens is 2. The van der Waals surface area contributed by atoms with Gasteiger partial charge < -0.3 is 16.0 Å². The molecule has 10 heteroatoms. The van der Waals surface area contributed by atoms with Crippen LogP contribution in [0.1, 0.15) is 17.3 Å². The SMILES string of the molecule is CCNC(=O)c1cnc(Nc2ccc(F)cn2)cc1Nc1ccccc1S(C)(=O)=O. The Bertz CT molecular complexity index is 1170. The molecule has 0 unspecified atom stereocenters. The van der Waals surface area contributed by atoms with Gasteiger partial charge in [0, 0.05) is 25.1 Å². The monoisotopic (exact) mass is 429 g/mol. The molecule has 30 heavy (non-hydrogen) atoms. The maximum atomic E-state index is 13.1. The zero-order valence-electron chi connectivity index (χ0n) is 16.3. The minimum atomic E-state index is -3.50. The van der Waals surface area contributed by atoms with Gasteiger partial charge in [0.25, 0.3) is 5.91 Å². The third-order valence-electron chi connectivity index (χ3n) is 4.03. The Morgan fingerprint density at radius 2 is 1.73 bits per heavy atom. The summed E-state index contributed by atoms with van der Waals surface area (Å²) in [5, 5.41) is 8.64. The van der Waals surface area contributed by atoms with Crippen LogP contribution in [0.3, 0.4) is 0 Å². The molecule has 3 N–H and O–H groups in total. The van der Waals surface area contributed by atoms with Gasteiger partial charge in [0.1, 0.15) is 17.5 Å². The van der Waals surface area contributed by atoms with Gasteiger partial charge >= 0.3 is 0 Å². The third kappa shape index (κ3) is 5.09. The zero-order valence-corrected chi connectivity index (χ0v) is 17.1. The van der Waals surface area contributed by atoms with E-state index in [1.165, 1.54) is 24.4 Å². The summed E-state index contributed by atoms with van der Waals surface area (Å²) >= 11 is 0. The largest absolute Gasteiger partial charge is 0.354 e. The molecule has 3 rings (SSSR count). The van der Waals surface area contributed by atoms with Crippen LogP contribution in [0.15, 0.2) is 59.8 Å². The molecule has 0 atom stereocenters. The highest BCUT2D eigenvalue weighted by atomic mass is 32.2. The summed E-state index contributed by atoms with van der Waals surface area (Å²) in [5.74, 6) is -0.144. The number of carbonyl (C=O) groups excluding carboxylic acids is 1. The van der Waals surface area contributed by atoms with E-state index in [-0.39, 0.29) is 16.4 Å². The van der Waals surface area contributed by atoms with Crippen LogP contribution in [-0.4, -0.2) is 37.1 Å². The molecule has 0 spiro atoms. The van der Waals surface area contributed by atoms with Gasteiger partial charge in [0.05, 0.1) is 28.0 Å². The van der Waals surface area contributed by atoms with Crippen molar-refractivity contribution < 1.29 is 17.6 Å². The van der Waals surface area contributed by atoms with E-state index in [0.29, 0.717) is 29.6 Å². The fraction of sp³-hybridized carbons (Fsp3) is 0.150. The average molecular weight is 429 g/mol. The summed E-state index contributed by atoms with van der Waals surface area (Å²) in [7, 11) is -3.50. The van der Waals surface area contributed by atoms with Gasteiger partial charge in [-0.15, -0.1) is 0 Å². The van der Waals surface area contributed by atoms with E-state index in [1.54, 1.807) is 31.2 Å². The first kappa shape index (κ1) is 21.2. The molecule has 0 aliphatic carbocycles. The Labute approximate surface area is 173 Å². The van der Waals surface area contributed by atoms with E-state index in [1.807, 2.05) is 0 Å². The number of pyridine rings is 2. The predicted molar refractivity (Wildman–Crippen MR) is 113 cm³/mol. The molecule has 0 fully saturated rings. The average Bonchev–Trinajstić information content (AvgIpc) is 2.70. The minimum Gasteiger partial charge on any atom is -0.354 e. The summed E-state index contributed by atoms with van der Waals surface area (Å²) < 4.78 is 37.3. The maximum absolute atomic E-state index is 13.1. The van der Waals surface area contributed by atoms with Crippen LogP contribution >= 0.6 is 0 Å². The molecule has 1 aromatic carbocycles. The van der Waals surface area contributed by atoms with E-state index in [4.69, 9.17) is 0 Å². The van der Waals surface area contributed by atoms with Crippen molar-refractivity contribution in [3.8, 4) is 0 Å². The van der Waals surface area contributed by atoms with E-state index in [2.05, 4.69) is 25.9 Å². The van der Waals surface area contributed by atoms with Crippen molar-refractivity contribution in [1.29, 1.82) is 0 Å². The molecule has 0 radical (unpaired) electrons. The summed E-state index contributed by atoms with van der Waals surface area (Å²) in [6.45, 7) is 2.20. The molecule has 8 nitrogen and oxygen atoms in total. The topological polar surface area (TPSA) is 113 Å². The molecule has 0 aliphatic heterocycles. The van der Waals surface area contributed by atoms with Crippen molar-refractivity contribution in [1.82, 2.24) is 15.3 Å². The molecule has 2 aromatic heterocycles. The molecule has 156 valence electrons. The van der Waals surface area contributed by atoms with Crippen molar-refractivity contribution in [2.75, 3.05) is 23.4 Å². The van der Waals surface area contributed by atoms with Gasteiger partial charge in [-0.05, 0) is 31.2 Å². The van der Waals surface area contributed by atoms with Gasteiger partial charge in [-0.1, -0.05) is 12.1 Å². The maximum Gasteiger partial charge on any atom is 0.254 e. The first-order valence-electron chi connectivity index (χ1n) is 9.01. The van der Waals surface area contributed by atoms with E-state index < -0.39 is 15.7 Å². The number of amides is 1. The van der Waals surface area contributed by atoms with Crippen LogP contribution in [0.4, 0.5) is 27.4 Å². The number of nitrogens with one attached hydrogen (secondary N) is 3. The molecule has 1 amide bonds. The molecule has 3 aromatic rings. The molecule has 0 saturated carbocycles. The van der Waals surface area contributed by atoms with E-state index in [0.717, 1.165) is 12.5 Å². The summed E-state index contributed by atoms with van der Waals surface area (Å²) in [6.07, 6.45) is 3.53. The molecular formula is C20H20FN5O3S. The highest BCUT2D eigenvalue weighted by Crippen LogP contribution is 2.28. The molecule has 2 heterocycles. The van der Waals surface area contributed by atoms with Crippen molar-refractivity contribution in [3.63, 3.8) is 0 Å². The Kier molecular flexibility index (Phi) is 6.26. The number of hydrogen-bond acceptors (Lipinski definition) is 7. The molecule has 0 bridgehead atoms. The molecule has 0 aliphatic rings. The number of anilines is 4. The Hall–Kier alpha value is -3.53. The second-order valence-corrected chi connectivity index (χ2v) is 8.34. The lowest BCUT2D eigenvalue weighted by Crippen LogP contribution is -2.24. The quantitative estimate of drug-likeness (QED) is 0.528. The molecular weight excluding hydrogens is 409 g/mol. The Morgan fingerprint density at radius 3 is 2.40 bits per heavy atom. The van der Waals surface area contributed by atoms with Crippen LogP contribution in [0.5, 0.6) is 0 Å². The number of hydrogen-bond donors (Lipinski definition) is 3. The van der Waals surface area contributed by atoms with Crippen molar-refractivity contribution in [2.24, 2.45) is 0 Å². The number of rotatable bonds is 7. The minimum absolute atomic E-state index is 0.0957. The number of carbonyl (C=O) groups is 1. The fourth-order valence-corrected chi connectivity index (χ4v) is 3.53. The number of nitrogens with zero attached hydrogens (tertiary/aromatic N) is 2. The van der Waals surface area contributed by atoms with Gasteiger partial charge in [-0.3, -0.25) is 4.79 Å². The fourth-order valence-electron chi connectivity index (χ4n) is 2.68. The molecule has 0 saturated heterocycles. The van der Waals surface area contributed by atoms with Crippen LogP contribution in [0, 0.1) is 5.82 Å². The predicted octanol–water partition coefficient (Wildman–Crippen LogP) is 3.26. The normalized spacial score (nSPS) is 11.0. The first-order chi connectivity index (χ1) is 14.3. The lowest BCUT2D eigenvalue weighted by molar-refractivity contribution is 0.0956. The van der Waals surface area contributed by atoms with Gasteiger partial charge in [0.15, 0.2) is 9.84 Å². The van der Waals surface area contributed by atoms with Crippen LogP contribution in [0.2, 0.25) is 0 Å². The Morgan fingerprint density at radius 1 is 1.00 bits per heavy atom. The Balaban J connectivity index is 2.01. The van der Waals surface area contributed by atoms with Crippen molar-refractivity contribution in [3.05, 3.63) is 66.2 Å². The zero-order chi connectivity index (χ0) is 21.7. The highest BCUT2D eigenvalue weighted by Gasteiger charge is 2.17. The van der Waals surface area contributed by atoms with E-state index in [9.17, 15) is 17.6 Å². The van der Waals surface area contributed by atoms with Crippen molar-refractivity contribution >= 4 is 38.8 Å². The number of benzene rings is 1. The van der Waals surface area contributed by atoms with Crippen LogP contribution < -0.4 is 16.0 Å². The van der Waals surface area contributed by atoms with Crippen molar-refractivity contribution in [2.45, 2.75) is 11.8 Å². The lowest BCUT2D eigenvalue weighted by Gasteiger charge is -2.15. The number of halogens is 1. The first-order valence-corrected chi connectivity index (χ1v) is 10.9.